The van der Waals surface area contributed by atoms with Crippen LogP contribution in [0.2, 0.25) is 0 Å². The molecule has 1 aromatic carbocycles. The minimum absolute atomic E-state index is 0.0260. The quantitative estimate of drug-likeness (QED) is 0.446. The highest BCUT2D eigenvalue weighted by molar-refractivity contribution is 6.07. The first-order valence-corrected chi connectivity index (χ1v) is 12.7. The number of nitrogens with zero attached hydrogens (tertiary/aromatic N) is 3. The van der Waals surface area contributed by atoms with Gasteiger partial charge in [0.05, 0.1) is 5.41 Å². The number of carbonyl (C=O) groups is 3. The van der Waals surface area contributed by atoms with Gasteiger partial charge >= 0.3 is 0 Å². The maximum absolute atomic E-state index is 13.4. The highest BCUT2D eigenvalue weighted by Gasteiger charge is 2.47. The summed E-state index contributed by atoms with van der Waals surface area (Å²) in [6, 6.07) is 10.2. The zero-order chi connectivity index (χ0) is 26.9. The van der Waals surface area contributed by atoms with Crippen LogP contribution in [0.4, 0.5) is 11.4 Å². The molecule has 1 spiro atoms. The standard InChI is InChI=1S/C28H32N6O4/c1-18(23-5-4-14-33(23)2)6-9-21(31-26(36)24-10-13-29-34(24)3)25(35)30-19-7-8-20-22(17-19)32-27(37)28(20)11-15-38-16-12-28/h4-8,10,13-14,17,21H,9,11-12,15-16H2,1-3H3,(H,30,35)(H,31,36)(H,32,37). The highest BCUT2D eigenvalue weighted by Crippen LogP contribution is 2.45. The number of aryl methyl sites for hydroxylation is 2. The second kappa shape index (κ2) is 10.3. The van der Waals surface area contributed by atoms with E-state index in [1.165, 1.54) is 10.9 Å². The third-order valence-corrected chi connectivity index (χ3v) is 7.51. The number of nitrogens with one attached hydrogen (secondary N) is 3. The van der Waals surface area contributed by atoms with Crippen LogP contribution >= 0.6 is 0 Å². The van der Waals surface area contributed by atoms with Gasteiger partial charge < -0.3 is 25.3 Å². The van der Waals surface area contributed by atoms with E-state index in [0.717, 1.165) is 16.8 Å². The topological polar surface area (TPSA) is 119 Å². The van der Waals surface area contributed by atoms with E-state index < -0.39 is 17.4 Å². The molecule has 3 N–H and O–H groups in total. The van der Waals surface area contributed by atoms with Crippen molar-refractivity contribution in [2.75, 3.05) is 23.8 Å². The van der Waals surface area contributed by atoms with Crippen molar-refractivity contribution in [3.05, 3.63) is 71.8 Å². The Morgan fingerprint density at radius 1 is 1.18 bits per heavy atom. The first-order chi connectivity index (χ1) is 18.3. The Morgan fingerprint density at radius 3 is 2.66 bits per heavy atom. The maximum Gasteiger partial charge on any atom is 0.270 e. The van der Waals surface area contributed by atoms with E-state index in [4.69, 9.17) is 4.74 Å². The molecule has 4 heterocycles. The van der Waals surface area contributed by atoms with Crippen molar-refractivity contribution in [1.29, 1.82) is 0 Å². The molecule has 0 aliphatic carbocycles. The largest absolute Gasteiger partial charge is 0.381 e. The van der Waals surface area contributed by atoms with E-state index in [2.05, 4.69) is 21.0 Å². The predicted molar refractivity (Wildman–Crippen MR) is 144 cm³/mol. The van der Waals surface area contributed by atoms with Crippen LogP contribution in [-0.4, -0.2) is 51.3 Å². The van der Waals surface area contributed by atoms with E-state index in [0.29, 0.717) is 43.1 Å². The zero-order valence-electron chi connectivity index (χ0n) is 21.8. The van der Waals surface area contributed by atoms with Crippen molar-refractivity contribution < 1.29 is 19.1 Å². The first-order valence-electron chi connectivity index (χ1n) is 12.7. The van der Waals surface area contributed by atoms with Gasteiger partial charge in [0.1, 0.15) is 11.7 Å². The fourth-order valence-corrected chi connectivity index (χ4v) is 5.28. The summed E-state index contributed by atoms with van der Waals surface area (Å²) in [4.78, 5) is 39.3. The molecule has 3 amide bonds. The van der Waals surface area contributed by atoms with Gasteiger partial charge in [-0.3, -0.25) is 19.1 Å². The molecule has 3 aromatic rings. The number of amides is 3. The number of fused-ring (bicyclic) bond motifs is 2. The van der Waals surface area contributed by atoms with Crippen LogP contribution in [-0.2, 0) is 33.8 Å². The maximum atomic E-state index is 13.4. The number of carbonyl (C=O) groups excluding carboxylic acids is 3. The van der Waals surface area contributed by atoms with Gasteiger partial charge in [0, 0.05) is 56.8 Å². The fraction of sp³-hybridized carbons (Fsp3) is 0.357. The molecule has 2 aliphatic heterocycles. The molecule has 0 radical (unpaired) electrons. The molecular weight excluding hydrogens is 484 g/mol. The Morgan fingerprint density at radius 2 is 1.97 bits per heavy atom. The minimum atomic E-state index is -0.836. The molecule has 10 heteroatoms. The summed E-state index contributed by atoms with van der Waals surface area (Å²) >= 11 is 0. The molecule has 5 rings (SSSR count). The van der Waals surface area contributed by atoms with Crippen LogP contribution in [0.3, 0.4) is 0 Å². The van der Waals surface area contributed by atoms with Crippen LogP contribution in [0.1, 0.15) is 47.9 Å². The lowest BCUT2D eigenvalue weighted by molar-refractivity contribution is -0.124. The van der Waals surface area contributed by atoms with Gasteiger partial charge in [-0.2, -0.15) is 5.10 Å². The summed E-state index contributed by atoms with van der Waals surface area (Å²) in [6.45, 7) is 3.06. The number of benzene rings is 1. The predicted octanol–water partition coefficient (Wildman–Crippen LogP) is 2.99. The molecule has 1 unspecified atom stereocenters. The van der Waals surface area contributed by atoms with Gasteiger partial charge in [0.25, 0.3) is 5.91 Å². The molecule has 2 aliphatic rings. The number of hydrogen-bond acceptors (Lipinski definition) is 5. The van der Waals surface area contributed by atoms with Crippen molar-refractivity contribution >= 4 is 34.7 Å². The van der Waals surface area contributed by atoms with E-state index in [1.54, 1.807) is 25.2 Å². The van der Waals surface area contributed by atoms with Crippen LogP contribution in [0, 0.1) is 0 Å². The average molecular weight is 517 g/mol. The molecule has 1 saturated heterocycles. The molecule has 2 aromatic heterocycles. The van der Waals surface area contributed by atoms with E-state index in [9.17, 15) is 14.4 Å². The first kappa shape index (κ1) is 25.5. The summed E-state index contributed by atoms with van der Waals surface area (Å²) in [7, 11) is 3.63. The van der Waals surface area contributed by atoms with Gasteiger partial charge in [-0.15, -0.1) is 0 Å². The number of rotatable bonds is 7. The van der Waals surface area contributed by atoms with Crippen molar-refractivity contribution in [3.63, 3.8) is 0 Å². The summed E-state index contributed by atoms with van der Waals surface area (Å²) in [6.07, 6.45) is 6.99. The molecule has 10 nitrogen and oxygen atoms in total. The normalized spacial score (nSPS) is 17.1. The average Bonchev–Trinajstić information content (AvgIpc) is 3.60. The lowest BCUT2D eigenvalue weighted by Gasteiger charge is -2.31. The van der Waals surface area contributed by atoms with E-state index in [1.807, 2.05) is 49.0 Å². The fourth-order valence-electron chi connectivity index (χ4n) is 5.28. The van der Waals surface area contributed by atoms with Crippen LogP contribution in [0.15, 0.2) is 54.9 Å². The van der Waals surface area contributed by atoms with Crippen molar-refractivity contribution in [3.8, 4) is 0 Å². The Balaban J connectivity index is 1.36. The SMILES string of the molecule is CC(=CCC(NC(=O)c1ccnn1C)C(=O)Nc1ccc2c(c1)NC(=O)C21CCOCC1)c1cccn1C. The lowest BCUT2D eigenvalue weighted by Crippen LogP contribution is -2.44. The minimum Gasteiger partial charge on any atom is -0.381 e. The summed E-state index contributed by atoms with van der Waals surface area (Å²) < 4.78 is 8.94. The van der Waals surface area contributed by atoms with Crippen molar-refractivity contribution in [2.24, 2.45) is 14.1 Å². The molecule has 1 fully saturated rings. The van der Waals surface area contributed by atoms with E-state index in [-0.39, 0.29) is 18.2 Å². The van der Waals surface area contributed by atoms with Gasteiger partial charge in [-0.05, 0) is 67.7 Å². The van der Waals surface area contributed by atoms with Gasteiger partial charge in [0.15, 0.2) is 0 Å². The number of anilines is 2. The van der Waals surface area contributed by atoms with Crippen molar-refractivity contribution in [2.45, 2.75) is 37.6 Å². The summed E-state index contributed by atoms with van der Waals surface area (Å²) in [5, 5.41) is 12.8. The Kier molecular flexibility index (Phi) is 6.90. The van der Waals surface area contributed by atoms with Gasteiger partial charge in [0.2, 0.25) is 11.8 Å². The molecule has 38 heavy (non-hydrogen) atoms. The third-order valence-electron chi connectivity index (χ3n) is 7.51. The van der Waals surface area contributed by atoms with Crippen LogP contribution in [0.25, 0.3) is 5.57 Å². The molecular formula is C28H32N6O4. The Hall–Kier alpha value is -4.18. The number of hydrogen-bond donors (Lipinski definition) is 3. The van der Waals surface area contributed by atoms with Crippen molar-refractivity contribution in [1.82, 2.24) is 19.7 Å². The van der Waals surface area contributed by atoms with E-state index >= 15 is 0 Å². The Labute approximate surface area is 221 Å². The second-order valence-electron chi connectivity index (χ2n) is 9.89. The number of allylic oxidation sites excluding steroid dienone is 1. The second-order valence-corrected chi connectivity index (χ2v) is 9.89. The zero-order valence-corrected chi connectivity index (χ0v) is 21.8. The van der Waals surface area contributed by atoms with Gasteiger partial charge in [-0.25, -0.2) is 0 Å². The highest BCUT2D eigenvalue weighted by atomic mass is 16.5. The molecule has 1 atom stereocenters. The summed E-state index contributed by atoms with van der Waals surface area (Å²) in [5.74, 6) is -0.777. The molecule has 0 bridgehead atoms. The Bertz CT molecular complexity index is 1410. The van der Waals surface area contributed by atoms with Crippen LogP contribution < -0.4 is 16.0 Å². The lowest BCUT2D eigenvalue weighted by atomic mass is 9.75. The molecule has 198 valence electrons. The van der Waals surface area contributed by atoms with Gasteiger partial charge in [-0.1, -0.05) is 12.1 Å². The molecule has 0 saturated carbocycles. The third kappa shape index (κ3) is 4.74. The summed E-state index contributed by atoms with van der Waals surface area (Å²) in [5.41, 5.74) is 3.98. The number of aromatic nitrogens is 3. The van der Waals surface area contributed by atoms with Crippen LogP contribution in [0.5, 0.6) is 0 Å². The number of ether oxygens (including phenoxy) is 1. The smallest absolute Gasteiger partial charge is 0.270 e. The monoisotopic (exact) mass is 516 g/mol.